The van der Waals surface area contributed by atoms with E-state index in [1.54, 1.807) is 0 Å². The van der Waals surface area contributed by atoms with E-state index in [9.17, 15) is 9.59 Å². The summed E-state index contributed by atoms with van der Waals surface area (Å²) in [4.78, 5) is 29.3. The molecule has 4 saturated heterocycles. The zero-order valence-corrected chi connectivity index (χ0v) is 27.4. The number of rotatable bonds is 8. The molecular formula is C36H49N3O7. The van der Waals surface area contributed by atoms with Gasteiger partial charge in [0.15, 0.2) is 0 Å². The Balaban J connectivity index is 0.00000182. The first-order valence-corrected chi connectivity index (χ1v) is 16.8. The molecule has 1 aliphatic carbocycles. The van der Waals surface area contributed by atoms with Crippen LogP contribution in [0.4, 0.5) is 0 Å². The van der Waals surface area contributed by atoms with Crippen molar-refractivity contribution in [3.05, 3.63) is 77.0 Å². The smallest absolute Gasteiger partial charge is 0.303 e. The lowest BCUT2D eigenvalue weighted by atomic mass is 9.62. The van der Waals surface area contributed by atoms with E-state index in [1.807, 2.05) is 18.0 Å². The van der Waals surface area contributed by atoms with Crippen molar-refractivity contribution in [1.29, 1.82) is 0 Å². The van der Waals surface area contributed by atoms with Crippen LogP contribution in [0.3, 0.4) is 0 Å². The van der Waals surface area contributed by atoms with Crippen molar-refractivity contribution in [2.75, 3.05) is 14.1 Å². The lowest BCUT2D eigenvalue weighted by Gasteiger charge is -2.56. The zero-order valence-electron chi connectivity index (χ0n) is 27.4. The van der Waals surface area contributed by atoms with Crippen molar-refractivity contribution >= 4 is 11.9 Å². The molecule has 7 rings (SSSR count). The third-order valence-electron chi connectivity index (χ3n) is 11.3. The monoisotopic (exact) mass is 635 g/mol. The summed E-state index contributed by atoms with van der Waals surface area (Å²) in [5, 5.41) is 8.00. The van der Waals surface area contributed by atoms with Crippen LogP contribution in [0.1, 0.15) is 75.3 Å². The van der Waals surface area contributed by atoms with Crippen LogP contribution in [0.25, 0.3) is 0 Å². The number of piperidine rings is 2. The second-order valence-electron chi connectivity index (χ2n) is 13.7. The quantitative estimate of drug-likeness (QED) is 0.343. The van der Waals surface area contributed by atoms with Gasteiger partial charge >= 0.3 is 11.9 Å². The van der Waals surface area contributed by atoms with Gasteiger partial charge in [0.1, 0.15) is 12.2 Å². The standard InChI is InChI=1S/C36H46N2O6.H3NO/c1-21(39)41-33-27-17-15-25(37(27)3)19-29(33)43-35-31(23-11-7-5-8-12-23)36(32(35)24-13-9-6-10-14-24)44-30-20-26-16-18-28(38(26)4)34(30)42-22(2)40;1-2/h5-14,25-36H,15-20H2,1-4H3;1H3. The molecule has 2 aromatic carbocycles. The first-order chi connectivity index (χ1) is 22.3. The highest BCUT2D eigenvalue weighted by atomic mass is 16.6. The van der Waals surface area contributed by atoms with Crippen LogP contribution in [0.2, 0.25) is 0 Å². The normalized spacial score (nSPS) is 38.3. The Morgan fingerprint density at radius 3 is 1.35 bits per heavy atom. The molecule has 5 aliphatic rings. The molecule has 0 spiro atoms. The molecule has 10 nitrogen and oxygen atoms in total. The Bertz CT molecular complexity index is 1220. The van der Waals surface area contributed by atoms with Gasteiger partial charge in [0.2, 0.25) is 0 Å². The third-order valence-corrected chi connectivity index (χ3v) is 11.3. The van der Waals surface area contributed by atoms with Gasteiger partial charge in [-0.15, -0.1) is 0 Å². The van der Waals surface area contributed by atoms with Crippen molar-refractivity contribution < 1.29 is 34.4 Å². The first kappa shape index (κ1) is 33.1. The number of likely N-dealkylation sites (N-methyl/N-ethyl adjacent to an activating group) is 2. The fraction of sp³-hybridized carbons (Fsp3) is 0.611. The fourth-order valence-corrected chi connectivity index (χ4v) is 9.23. The minimum Gasteiger partial charge on any atom is -0.637 e. The van der Waals surface area contributed by atoms with Gasteiger partial charge in [0.05, 0.1) is 24.4 Å². The Morgan fingerprint density at radius 1 is 0.630 bits per heavy atom. The summed E-state index contributed by atoms with van der Waals surface area (Å²) < 4.78 is 26.4. The summed E-state index contributed by atoms with van der Waals surface area (Å²) in [5.41, 5.74) is 2.35. The highest BCUT2D eigenvalue weighted by molar-refractivity contribution is 5.66. The van der Waals surface area contributed by atoms with E-state index in [2.05, 4.69) is 72.4 Å². The Morgan fingerprint density at radius 2 is 1.00 bits per heavy atom. The number of hydrogen-bond acceptors (Lipinski definition) is 9. The maximum Gasteiger partial charge on any atom is 0.303 e. The van der Waals surface area contributed by atoms with Gasteiger partial charge in [0, 0.05) is 49.9 Å². The van der Waals surface area contributed by atoms with Crippen LogP contribution in [0.15, 0.2) is 60.7 Å². The molecule has 1 saturated carbocycles. The summed E-state index contributed by atoms with van der Waals surface area (Å²) in [6.45, 7) is 3.00. The first-order valence-electron chi connectivity index (χ1n) is 16.8. The van der Waals surface area contributed by atoms with Crippen molar-refractivity contribution in [2.45, 2.75) is 125 Å². The topological polar surface area (TPSA) is 128 Å². The predicted molar refractivity (Wildman–Crippen MR) is 171 cm³/mol. The number of ether oxygens (including phenoxy) is 4. The minimum atomic E-state index is -0.304. The third kappa shape index (κ3) is 6.23. The maximum atomic E-state index is 12.3. The lowest BCUT2D eigenvalue weighted by Crippen LogP contribution is -2.62. The Kier molecular flexibility index (Phi) is 10.1. The minimum absolute atomic E-state index is 0.0213. The Labute approximate surface area is 272 Å². The van der Waals surface area contributed by atoms with Crippen LogP contribution >= 0.6 is 0 Å². The number of carbonyl (C=O) groups is 2. The molecule has 3 N–H and O–H groups in total. The number of quaternary nitrogens is 1. The molecule has 10 heteroatoms. The van der Waals surface area contributed by atoms with E-state index < -0.39 is 0 Å². The van der Waals surface area contributed by atoms with Gasteiger partial charge in [-0.1, -0.05) is 60.7 Å². The predicted octanol–water partition coefficient (Wildman–Crippen LogP) is 3.40. The van der Waals surface area contributed by atoms with Crippen molar-refractivity contribution in [3.8, 4) is 0 Å². The number of nitrogens with zero attached hydrogens (tertiary/aromatic N) is 2. The van der Waals surface area contributed by atoms with Gasteiger partial charge in [0.25, 0.3) is 0 Å². The molecule has 0 amide bonds. The lowest BCUT2D eigenvalue weighted by molar-refractivity contribution is -0.275. The number of esters is 2. The molecule has 0 aromatic heterocycles. The fourth-order valence-electron chi connectivity index (χ4n) is 9.23. The van der Waals surface area contributed by atoms with Gasteiger partial charge in [-0.05, 0) is 63.7 Å². The summed E-state index contributed by atoms with van der Waals surface area (Å²) >= 11 is 0. The van der Waals surface area contributed by atoms with Crippen LogP contribution in [0, 0.1) is 5.21 Å². The van der Waals surface area contributed by atoms with Crippen LogP contribution in [0.5, 0.6) is 0 Å². The largest absolute Gasteiger partial charge is 0.637 e. The van der Waals surface area contributed by atoms with Gasteiger partial charge in [-0.2, -0.15) is 0 Å². The van der Waals surface area contributed by atoms with Crippen LogP contribution in [-0.2, 0) is 28.5 Å². The highest BCUT2D eigenvalue weighted by Crippen LogP contribution is 2.54. The molecule has 4 aliphatic heterocycles. The second kappa shape index (κ2) is 14.1. The van der Waals surface area contributed by atoms with E-state index in [0.717, 1.165) is 38.5 Å². The average molecular weight is 636 g/mol. The van der Waals surface area contributed by atoms with Crippen LogP contribution < -0.4 is 5.90 Å². The SMILES string of the molecule is CC(=O)OC1C(OC2C(c3ccccc3)C(OC3CC4CCC(C3OC(C)=O)N4C)C2c2ccccc2)CC2CCC1N2C.[NH3+][O-]. The van der Waals surface area contributed by atoms with Gasteiger partial charge < -0.3 is 30.1 Å². The Hall–Kier alpha value is -2.86. The molecular weight excluding hydrogens is 586 g/mol. The van der Waals surface area contributed by atoms with Crippen molar-refractivity contribution in [1.82, 2.24) is 9.80 Å². The summed E-state index contributed by atoms with van der Waals surface area (Å²) in [6.07, 6.45) is 4.57. The summed E-state index contributed by atoms with van der Waals surface area (Å²) in [7, 11) is 4.30. The van der Waals surface area contributed by atoms with E-state index >= 15 is 0 Å². The zero-order chi connectivity index (χ0) is 32.5. The summed E-state index contributed by atoms with van der Waals surface area (Å²) in [6, 6.07) is 22.2. The number of carbonyl (C=O) groups excluding carboxylic acids is 2. The van der Waals surface area contributed by atoms with Crippen molar-refractivity contribution in [3.63, 3.8) is 0 Å². The van der Waals surface area contributed by atoms with E-state index in [0.29, 0.717) is 12.1 Å². The molecule has 46 heavy (non-hydrogen) atoms. The van der Waals surface area contributed by atoms with E-state index in [1.165, 1.54) is 25.0 Å². The molecule has 0 radical (unpaired) electrons. The average Bonchev–Trinajstić information content (AvgIpc) is 3.45. The molecule has 2 aromatic rings. The van der Waals surface area contributed by atoms with E-state index in [4.69, 9.17) is 24.2 Å². The highest BCUT2D eigenvalue weighted by Gasteiger charge is 2.59. The molecule has 4 bridgehead atoms. The number of benzene rings is 2. The van der Waals surface area contributed by atoms with Crippen molar-refractivity contribution in [2.24, 2.45) is 0 Å². The number of hydrogen-bond donors (Lipinski definition) is 1. The van der Waals surface area contributed by atoms with Crippen LogP contribution in [-0.4, -0.2) is 96.6 Å². The summed E-state index contributed by atoms with van der Waals surface area (Å²) in [5.74, 6) is 1.44. The van der Waals surface area contributed by atoms with Gasteiger partial charge in [-0.25, -0.2) is 0 Å². The van der Waals surface area contributed by atoms with Gasteiger partial charge in [-0.3, -0.25) is 19.4 Å². The molecule has 8 unspecified atom stereocenters. The second-order valence-corrected chi connectivity index (χ2v) is 13.7. The van der Waals surface area contributed by atoms with E-state index in [-0.39, 0.29) is 72.5 Å². The molecule has 4 heterocycles. The molecule has 5 fully saturated rings. The maximum absolute atomic E-state index is 12.3. The number of fused-ring (bicyclic) bond motifs is 4. The molecule has 250 valence electrons. The molecule has 8 atom stereocenters.